The highest BCUT2D eigenvalue weighted by molar-refractivity contribution is 5.45. The number of hydrogen-bond acceptors (Lipinski definition) is 1. The van der Waals surface area contributed by atoms with Gasteiger partial charge in [-0.2, -0.15) is 0 Å². The minimum Gasteiger partial charge on any atom is -0.304 e. The van der Waals surface area contributed by atoms with Gasteiger partial charge < -0.3 is 4.90 Å². The van der Waals surface area contributed by atoms with Crippen LogP contribution in [0.15, 0.2) is 36.9 Å². The van der Waals surface area contributed by atoms with Crippen LogP contribution in [0.1, 0.15) is 26.3 Å². The van der Waals surface area contributed by atoms with Gasteiger partial charge in [-0.15, -0.1) is 0 Å². The van der Waals surface area contributed by atoms with Crippen LogP contribution >= 0.6 is 0 Å². The lowest BCUT2D eigenvalue weighted by molar-refractivity contribution is 0.321. The third-order valence-electron chi connectivity index (χ3n) is 2.38. The lowest BCUT2D eigenvalue weighted by Crippen LogP contribution is -2.21. The van der Waals surface area contributed by atoms with Crippen molar-refractivity contribution in [2.45, 2.75) is 20.8 Å². The van der Waals surface area contributed by atoms with Gasteiger partial charge in [-0.3, -0.25) is 0 Å². The molecular formula is C14H23N. The van der Waals surface area contributed by atoms with Gasteiger partial charge in [0.05, 0.1) is 0 Å². The third kappa shape index (κ3) is 6.92. The molecule has 0 fully saturated rings. The lowest BCUT2D eigenvalue weighted by Gasteiger charge is -2.13. The molecule has 0 saturated carbocycles. The first-order valence-electron chi connectivity index (χ1n) is 5.68. The first-order chi connectivity index (χ1) is 7.28. The van der Waals surface area contributed by atoms with Crippen LogP contribution in [0.2, 0.25) is 0 Å². The molecule has 1 rings (SSSR count). The van der Waals surface area contributed by atoms with Crippen molar-refractivity contribution in [1.29, 1.82) is 0 Å². The summed E-state index contributed by atoms with van der Waals surface area (Å²) in [5.74, 6) is 0. The Morgan fingerprint density at radius 2 is 1.47 bits per heavy atom. The molecule has 0 heterocycles. The highest BCUT2D eigenvalue weighted by Crippen LogP contribution is 1.97. The molecular weight excluding hydrogens is 182 g/mol. The summed E-state index contributed by atoms with van der Waals surface area (Å²) in [6.45, 7) is 13.8. The van der Waals surface area contributed by atoms with Gasteiger partial charge in [0.1, 0.15) is 0 Å². The van der Waals surface area contributed by atoms with E-state index in [1.165, 1.54) is 25.2 Å². The molecule has 0 atom stereocenters. The van der Waals surface area contributed by atoms with Crippen molar-refractivity contribution >= 4 is 6.08 Å². The van der Waals surface area contributed by atoms with Crippen molar-refractivity contribution in [1.82, 2.24) is 4.90 Å². The molecule has 0 aromatic heterocycles. The van der Waals surface area contributed by atoms with Crippen LogP contribution in [0, 0.1) is 0 Å². The van der Waals surface area contributed by atoms with Crippen molar-refractivity contribution in [2.24, 2.45) is 0 Å². The van der Waals surface area contributed by atoms with Crippen LogP contribution in [0.25, 0.3) is 6.08 Å². The van der Waals surface area contributed by atoms with E-state index in [0.29, 0.717) is 0 Å². The maximum Gasteiger partial charge on any atom is -0.00474 e. The number of benzene rings is 1. The van der Waals surface area contributed by atoms with E-state index < -0.39 is 0 Å². The average molecular weight is 205 g/mol. The van der Waals surface area contributed by atoms with E-state index in [-0.39, 0.29) is 0 Å². The van der Waals surface area contributed by atoms with E-state index >= 15 is 0 Å². The molecule has 0 spiro atoms. The van der Waals surface area contributed by atoms with Gasteiger partial charge in [0.25, 0.3) is 0 Å². The minimum atomic E-state index is 1.17. The third-order valence-corrected chi connectivity index (χ3v) is 2.38. The Morgan fingerprint density at radius 1 is 1.00 bits per heavy atom. The molecule has 1 aromatic rings. The average Bonchev–Trinajstić information content (AvgIpc) is 2.33. The highest BCUT2D eigenvalue weighted by atomic mass is 15.1. The zero-order chi connectivity index (χ0) is 11.5. The van der Waals surface area contributed by atoms with Crippen molar-refractivity contribution in [3.8, 4) is 0 Å². The SMILES string of the molecule is C=Cc1ccccc1.CCN(CC)CC. The fourth-order valence-electron chi connectivity index (χ4n) is 1.26. The van der Waals surface area contributed by atoms with Gasteiger partial charge in [-0.25, -0.2) is 0 Å². The first kappa shape index (κ1) is 13.9. The summed E-state index contributed by atoms with van der Waals surface area (Å²) in [6, 6.07) is 10.0. The summed E-state index contributed by atoms with van der Waals surface area (Å²) in [4.78, 5) is 2.38. The Hall–Kier alpha value is -1.08. The summed E-state index contributed by atoms with van der Waals surface area (Å²) in [6.07, 6.45) is 1.83. The van der Waals surface area contributed by atoms with E-state index in [9.17, 15) is 0 Å². The molecule has 0 bridgehead atoms. The maximum absolute atomic E-state index is 3.63. The van der Waals surface area contributed by atoms with Crippen molar-refractivity contribution in [3.63, 3.8) is 0 Å². The molecule has 84 valence electrons. The summed E-state index contributed by atoms with van der Waals surface area (Å²) >= 11 is 0. The number of nitrogens with zero attached hydrogens (tertiary/aromatic N) is 1. The van der Waals surface area contributed by atoms with Crippen LogP contribution in [0.4, 0.5) is 0 Å². The standard InChI is InChI=1S/C8H8.C6H15N/c1-2-8-6-4-3-5-7-8;1-4-7(5-2)6-3/h2-7H,1H2;4-6H2,1-3H3. The molecule has 0 saturated heterocycles. The molecule has 0 aliphatic rings. The Balaban J connectivity index is 0.000000265. The normalized spacial score (nSPS) is 9.33. The molecule has 0 radical (unpaired) electrons. The van der Waals surface area contributed by atoms with Crippen LogP contribution in [-0.4, -0.2) is 24.5 Å². The van der Waals surface area contributed by atoms with Crippen LogP contribution in [0.5, 0.6) is 0 Å². The molecule has 1 heteroatoms. The van der Waals surface area contributed by atoms with Gasteiger partial charge >= 0.3 is 0 Å². The number of hydrogen-bond donors (Lipinski definition) is 0. The molecule has 0 N–H and O–H groups in total. The molecule has 15 heavy (non-hydrogen) atoms. The quantitative estimate of drug-likeness (QED) is 0.725. The zero-order valence-electron chi connectivity index (χ0n) is 10.2. The van der Waals surface area contributed by atoms with Crippen LogP contribution in [-0.2, 0) is 0 Å². The Kier molecular flexibility index (Phi) is 8.79. The second-order valence-corrected chi connectivity index (χ2v) is 3.23. The molecule has 0 aliphatic heterocycles. The molecule has 0 aliphatic carbocycles. The van der Waals surface area contributed by atoms with Crippen molar-refractivity contribution < 1.29 is 0 Å². The summed E-state index contributed by atoms with van der Waals surface area (Å²) in [7, 11) is 0. The van der Waals surface area contributed by atoms with Crippen LogP contribution < -0.4 is 0 Å². The second kappa shape index (κ2) is 9.47. The number of rotatable bonds is 4. The predicted molar refractivity (Wildman–Crippen MR) is 70.0 cm³/mol. The Bertz CT molecular complexity index is 231. The molecule has 1 aromatic carbocycles. The van der Waals surface area contributed by atoms with E-state index in [1.807, 2.05) is 36.4 Å². The van der Waals surface area contributed by atoms with E-state index in [4.69, 9.17) is 0 Å². The van der Waals surface area contributed by atoms with Gasteiger partial charge in [0, 0.05) is 0 Å². The summed E-state index contributed by atoms with van der Waals surface area (Å²) in [5, 5.41) is 0. The molecule has 1 nitrogen and oxygen atoms in total. The fraction of sp³-hybridized carbons (Fsp3) is 0.429. The first-order valence-corrected chi connectivity index (χ1v) is 5.68. The molecule has 0 amide bonds. The van der Waals surface area contributed by atoms with E-state index in [0.717, 1.165) is 0 Å². The predicted octanol–water partition coefficient (Wildman–Crippen LogP) is 3.68. The summed E-state index contributed by atoms with van der Waals surface area (Å²) < 4.78 is 0. The van der Waals surface area contributed by atoms with Gasteiger partial charge in [-0.1, -0.05) is 63.8 Å². The van der Waals surface area contributed by atoms with Crippen LogP contribution in [0.3, 0.4) is 0 Å². The smallest absolute Gasteiger partial charge is 0.00474 e. The van der Waals surface area contributed by atoms with Gasteiger partial charge in [-0.05, 0) is 25.2 Å². The van der Waals surface area contributed by atoms with Gasteiger partial charge in [0.2, 0.25) is 0 Å². The van der Waals surface area contributed by atoms with E-state index in [1.54, 1.807) is 0 Å². The second-order valence-electron chi connectivity index (χ2n) is 3.23. The van der Waals surface area contributed by atoms with E-state index in [2.05, 4.69) is 32.3 Å². The molecule has 0 unspecified atom stereocenters. The largest absolute Gasteiger partial charge is 0.304 e. The minimum absolute atomic E-state index is 1.17. The Labute approximate surface area is 94.4 Å². The maximum atomic E-state index is 3.63. The highest BCUT2D eigenvalue weighted by Gasteiger charge is 1.89. The monoisotopic (exact) mass is 205 g/mol. The Morgan fingerprint density at radius 3 is 1.67 bits per heavy atom. The topological polar surface area (TPSA) is 3.24 Å². The summed E-state index contributed by atoms with van der Waals surface area (Å²) in [5.41, 5.74) is 1.17. The van der Waals surface area contributed by atoms with Crippen molar-refractivity contribution in [2.75, 3.05) is 19.6 Å². The lowest BCUT2D eigenvalue weighted by atomic mass is 10.2. The zero-order valence-corrected chi connectivity index (χ0v) is 10.2. The fourth-order valence-corrected chi connectivity index (χ4v) is 1.26. The van der Waals surface area contributed by atoms with Gasteiger partial charge in [0.15, 0.2) is 0 Å². The van der Waals surface area contributed by atoms with Crippen molar-refractivity contribution in [3.05, 3.63) is 42.5 Å².